The van der Waals surface area contributed by atoms with Crippen LogP contribution in [0.25, 0.3) is 0 Å². The fourth-order valence-electron chi connectivity index (χ4n) is 2.66. The molecule has 2 nitrogen and oxygen atoms in total. The minimum absolute atomic E-state index is 0. The maximum atomic E-state index is 13.3. The Hall–Kier alpha value is -0.0257. The molecule has 1 heterocycles. The zero-order valence-electron chi connectivity index (χ0n) is 12.1. The van der Waals surface area contributed by atoms with Gasteiger partial charge in [0.05, 0.1) is 19.6 Å². The van der Waals surface area contributed by atoms with Crippen LogP contribution in [0.1, 0.15) is 20.8 Å². The summed E-state index contributed by atoms with van der Waals surface area (Å²) in [5, 5.41) is 0.901. The molecular formula is C13H16BrF2LiO2Si. The number of halogens is 3. The first-order valence-electron chi connectivity index (χ1n) is 6.39. The Bertz CT molecular complexity index is 487. The third-order valence-electron chi connectivity index (χ3n) is 4.00. The average Bonchev–Trinajstić information content (AvgIpc) is 2.66. The third-order valence-corrected chi connectivity index (χ3v) is 10.0. The van der Waals surface area contributed by atoms with E-state index in [1.54, 1.807) is 0 Å². The molecule has 0 N–H and O–H groups in total. The first-order valence-corrected chi connectivity index (χ1v) is 9.81. The molecule has 1 aromatic carbocycles. The van der Waals surface area contributed by atoms with Gasteiger partial charge in [0.25, 0.3) is 0 Å². The second-order valence-corrected chi connectivity index (χ2v) is 10.8. The molecule has 7 heteroatoms. The maximum Gasteiger partial charge on any atom is 1.00 e. The summed E-state index contributed by atoms with van der Waals surface area (Å²) in [4.78, 5) is 0. The molecule has 0 aromatic heterocycles. The van der Waals surface area contributed by atoms with Gasteiger partial charge in [0.2, 0.25) is 0 Å². The van der Waals surface area contributed by atoms with Crippen molar-refractivity contribution in [2.75, 3.05) is 0 Å². The van der Waals surface area contributed by atoms with Crippen molar-refractivity contribution in [3.8, 4) is 11.5 Å². The van der Waals surface area contributed by atoms with Crippen molar-refractivity contribution < 1.29 is 37.1 Å². The van der Waals surface area contributed by atoms with E-state index >= 15 is 0 Å². The standard InChI is InChI=1S/C13H16BrF2O2Si.Li/c1-4-19(5-2,6-3)11-8-9(14)7-10-12(11)18-13(15,16)17-10;/h8H,4-6H2,1-3H3;/q-1;+1. The summed E-state index contributed by atoms with van der Waals surface area (Å²) in [6, 6.07) is 7.56. The molecule has 0 saturated heterocycles. The fourth-order valence-corrected chi connectivity index (χ4v) is 7.02. The van der Waals surface area contributed by atoms with E-state index in [2.05, 4.69) is 47.5 Å². The van der Waals surface area contributed by atoms with Crippen LogP contribution in [0.4, 0.5) is 8.78 Å². The van der Waals surface area contributed by atoms with Crippen molar-refractivity contribution in [1.82, 2.24) is 0 Å². The van der Waals surface area contributed by atoms with Crippen LogP contribution in [-0.4, -0.2) is 14.4 Å². The predicted molar refractivity (Wildman–Crippen MR) is 76.0 cm³/mol. The Morgan fingerprint density at radius 3 is 2.25 bits per heavy atom. The first-order chi connectivity index (χ1) is 8.87. The predicted octanol–water partition coefficient (Wildman–Crippen LogP) is 1.29. The molecule has 106 valence electrons. The topological polar surface area (TPSA) is 18.5 Å². The van der Waals surface area contributed by atoms with E-state index in [1.165, 1.54) is 0 Å². The van der Waals surface area contributed by atoms with Gasteiger partial charge in [-0.25, -0.2) is 0 Å². The van der Waals surface area contributed by atoms with Crippen LogP contribution in [0.5, 0.6) is 11.5 Å². The molecule has 0 aliphatic carbocycles. The van der Waals surface area contributed by atoms with Gasteiger partial charge in [-0.3, -0.25) is 0 Å². The average molecular weight is 357 g/mol. The van der Waals surface area contributed by atoms with Crippen LogP contribution in [0.3, 0.4) is 0 Å². The summed E-state index contributed by atoms with van der Waals surface area (Å²) in [6.45, 7) is 6.35. The Balaban J connectivity index is 0.00000200. The summed E-state index contributed by atoms with van der Waals surface area (Å²) >= 11 is 3.32. The van der Waals surface area contributed by atoms with Crippen LogP contribution in [0.15, 0.2) is 10.5 Å². The van der Waals surface area contributed by atoms with Crippen molar-refractivity contribution in [3.05, 3.63) is 16.6 Å². The second-order valence-electron chi connectivity index (χ2n) is 4.70. The number of fused-ring (bicyclic) bond motifs is 1. The monoisotopic (exact) mass is 356 g/mol. The maximum absolute atomic E-state index is 13.3. The zero-order valence-corrected chi connectivity index (χ0v) is 14.7. The molecule has 1 aliphatic rings. The smallest absolute Gasteiger partial charge is 0.460 e. The SMILES string of the molecule is CC[Si](CC)(CC)c1cc(Br)[c-]c2c1OC(F)(F)O2.[Li+]. The number of benzene rings is 1. The molecule has 0 atom stereocenters. The third kappa shape index (κ3) is 3.08. The quantitative estimate of drug-likeness (QED) is 0.597. The molecule has 0 unspecified atom stereocenters. The normalized spacial score (nSPS) is 15.9. The summed E-state index contributed by atoms with van der Waals surface area (Å²) in [6.07, 6.45) is -3.58. The van der Waals surface area contributed by atoms with Gasteiger partial charge in [0.15, 0.2) is 0 Å². The van der Waals surface area contributed by atoms with Crippen molar-refractivity contribution >= 4 is 29.2 Å². The first kappa shape index (κ1) is 18.0. The Labute approximate surface area is 139 Å². The summed E-state index contributed by atoms with van der Waals surface area (Å²) in [5.41, 5.74) is 0. The van der Waals surface area contributed by atoms with Gasteiger partial charge in [-0.05, 0) is 0 Å². The molecule has 0 amide bonds. The molecule has 2 rings (SSSR count). The minimum atomic E-state index is -3.58. The summed E-state index contributed by atoms with van der Waals surface area (Å²) in [5.74, 6) is 0.201. The number of alkyl halides is 2. The van der Waals surface area contributed by atoms with E-state index in [-0.39, 0.29) is 30.4 Å². The number of hydrogen-bond donors (Lipinski definition) is 0. The van der Waals surface area contributed by atoms with Crippen LogP contribution >= 0.6 is 15.9 Å². The van der Waals surface area contributed by atoms with Gasteiger partial charge in [-0.2, -0.15) is 6.07 Å². The van der Waals surface area contributed by atoms with Crippen LogP contribution in [0, 0.1) is 6.07 Å². The second kappa shape index (κ2) is 6.39. The van der Waals surface area contributed by atoms with Gasteiger partial charge in [0.1, 0.15) is 0 Å². The van der Waals surface area contributed by atoms with Gasteiger partial charge in [-0.1, -0.05) is 59.3 Å². The molecule has 0 spiro atoms. The number of ether oxygens (including phenoxy) is 2. The van der Waals surface area contributed by atoms with Crippen LogP contribution in [-0.2, 0) is 0 Å². The Morgan fingerprint density at radius 1 is 1.20 bits per heavy atom. The number of hydrogen-bond acceptors (Lipinski definition) is 2. The Morgan fingerprint density at radius 2 is 1.75 bits per heavy atom. The summed E-state index contributed by atoms with van der Waals surface area (Å²) < 4.78 is 36.4. The molecule has 0 bridgehead atoms. The largest absolute Gasteiger partial charge is 1.00 e. The van der Waals surface area contributed by atoms with Crippen LogP contribution < -0.4 is 33.5 Å². The fraction of sp³-hybridized carbons (Fsp3) is 0.538. The van der Waals surface area contributed by atoms with Crippen molar-refractivity contribution in [2.24, 2.45) is 0 Å². The molecule has 1 aliphatic heterocycles. The van der Waals surface area contributed by atoms with Crippen molar-refractivity contribution in [1.29, 1.82) is 0 Å². The van der Waals surface area contributed by atoms with Gasteiger partial charge >= 0.3 is 25.2 Å². The van der Waals surface area contributed by atoms with E-state index < -0.39 is 14.4 Å². The molecule has 0 fully saturated rings. The molecule has 20 heavy (non-hydrogen) atoms. The Kier molecular flexibility index (Phi) is 5.76. The van der Waals surface area contributed by atoms with E-state index in [0.29, 0.717) is 4.47 Å². The molecule has 1 aromatic rings. The van der Waals surface area contributed by atoms with Crippen molar-refractivity contribution in [3.63, 3.8) is 0 Å². The van der Waals surface area contributed by atoms with Gasteiger partial charge in [-0.15, -0.1) is 20.0 Å². The van der Waals surface area contributed by atoms with E-state index in [1.807, 2.05) is 6.07 Å². The van der Waals surface area contributed by atoms with Crippen molar-refractivity contribution in [2.45, 2.75) is 45.2 Å². The molecule has 0 radical (unpaired) electrons. The zero-order chi connectivity index (χ0) is 14.3. The van der Waals surface area contributed by atoms with E-state index in [0.717, 1.165) is 23.3 Å². The molecule has 0 saturated carbocycles. The summed E-state index contributed by atoms with van der Waals surface area (Å²) in [7, 11) is -1.83. The number of rotatable bonds is 4. The van der Waals surface area contributed by atoms with E-state index in [4.69, 9.17) is 4.74 Å². The van der Waals surface area contributed by atoms with E-state index in [9.17, 15) is 8.78 Å². The van der Waals surface area contributed by atoms with Gasteiger partial charge in [0, 0.05) is 0 Å². The van der Waals surface area contributed by atoms with Crippen LogP contribution in [0.2, 0.25) is 18.1 Å². The minimum Gasteiger partial charge on any atom is -0.460 e. The molecular weight excluding hydrogens is 341 g/mol. The van der Waals surface area contributed by atoms with Gasteiger partial charge < -0.3 is 9.47 Å².